The molecule has 0 atom stereocenters. The third-order valence-corrected chi connectivity index (χ3v) is 5.38. The summed E-state index contributed by atoms with van der Waals surface area (Å²) in [6, 6.07) is 4.95. The number of urea groups is 1. The van der Waals surface area contributed by atoms with Crippen LogP contribution in [0.4, 0.5) is 10.5 Å². The molecular weight excluding hydrogens is 362 g/mol. The van der Waals surface area contributed by atoms with Crippen LogP contribution in [0, 0.1) is 12.8 Å². The van der Waals surface area contributed by atoms with Gasteiger partial charge in [-0.15, -0.1) is 0 Å². The Balaban J connectivity index is 1.46. The summed E-state index contributed by atoms with van der Waals surface area (Å²) in [7, 11) is 1.33. The summed E-state index contributed by atoms with van der Waals surface area (Å²) in [5, 5.41) is 14.8. The summed E-state index contributed by atoms with van der Waals surface area (Å²) in [5.74, 6) is -0.586. The van der Waals surface area contributed by atoms with Crippen LogP contribution < -0.4 is 10.6 Å². The average molecular weight is 389 g/mol. The van der Waals surface area contributed by atoms with Crippen molar-refractivity contribution in [2.75, 3.05) is 25.5 Å². The summed E-state index contributed by atoms with van der Waals surface area (Å²) in [6.07, 6.45) is 3.88. The van der Waals surface area contributed by atoms with Gasteiger partial charge in [-0.3, -0.25) is 9.69 Å². The molecule has 0 saturated heterocycles. The molecular formula is C20H27N3O5. The number of benzene rings is 1. The van der Waals surface area contributed by atoms with E-state index in [-0.39, 0.29) is 24.7 Å². The Morgan fingerprint density at radius 1 is 1.25 bits per heavy atom. The second-order valence-electron chi connectivity index (χ2n) is 7.71. The van der Waals surface area contributed by atoms with Crippen molar-refractivity contribution < 1.29 is 24.2 Å². The maximum Gasteiger partial charge on any atom is 0.338 e. The van der Waals surface area contributed by atoms with Gasteiger partial charge >= 0.3 is 18.0 Å². The number of nitrogens with one attached hydrogen (secondary N) is 2. The molecule has 2 fully saturated rings. The van der Waals surface area contributed by atoms with Crippen molar-refractivity contribution in [1.82, 2.24) is 10.2 Å². The van der Waals surface area contributed by atoms with Gasteiger partial charge in [0.15, 0.2) is 0 Å². The molecule has 2 aliphatic carbocycles. The summed E-state index contributed by atoms with van der Waals surface area (Å²) in [6.45, 7) is 2.68. The van der Waals surface area contributed by atoms with Gasteiger partial charge in [0.1, 0.15) is 0 Å². The molecule has 28 heavy (non-hydrogen) atoms. The largest absolute Gasteiger partial charge is 0.480 e. The maximum absolute atomic E-state index is 12.2. The fourth-order valence-electron chi connectivity index (χ4n) is 3.59. The zero-order chi connectivity index (χ0) is 20.3. The van der Waals surface area contributed by atoms with Crippen LogP contribution in [-0.2, 0) is 9.53 Å². The lowest BCUT2D eigenvalue weighted by atomic mass is 9.85. The van der Waals surface area contributed by atoms with Gasteiger partial charge in [0.05, 0.1) is 19.2 Å². The van der Waals surface area contributed by atoms with Gasteiger partial charge < -0.3 is 20.5 Å². The maximum atomic E-state index is 12.2. The number of hydrogen-bond donors (Lipinski definition) is 3. The van der Waals surface area contributed by atoms with Gasteiger partial charge in [-0.05, 0) is 62.3 Å². The van der Waals surface area contributed by atoms with E-state index in [1.807, 2.05) is 4.90 Å². The van der Waals surface area contributed by atoms with Gasteiger partial charge in [0.2, 0.25) is 0 Å². The van der Waals surface area contributed by atoms with Crippen molar-refractivity contribution in [3.8, 4) is 0 Å². The molecule has 3 rings (SSSR count). The standard InChI is InChI=1S/C20H27N3O5/c1-12-7-14(5-6-17(12)19(26)28-2)21-20(27)22-15-8-16(9-15)23(11-18(24)25)10-13-3-4-13/h5-7,13,15-16H,3-4,8-11H2,1-2H3,(H,24,25)(H2,21,22,27). The van der Waals surface area contributed by atoms with E-state index in [1.165, 1.54) is 20.0 Å². The fraction of sp³-hybridized carbons (Fsp3) is 0.550. The molecule has 8 nitrogen and oxygen atoms in total. The van der Waals surface area contributed by atoms with E-state index in [4.69, 9.17) is 9.84 Å². The normalized spacial score (nSPS) is 21.0. The molecule has 0 radical (unpaired) electrons. The first-order valence-electron chi connectivity index (χ1n) is 9.58. The quantitative estimate of drug-likeness (QED) is 0.589. The number of carboxylic acids is 1. The number of aliphatic carboxylic acids is 1. The first kappa shape index (κ1) is 20.1. The van der Waals surface area contributed by atoms with Crippen LogP contribution in [0.1, 0.15) is 41.6 Å². The molecule has 1 aromatic rings. The number of aryl methyl sites for hydroxylation is 1. The van der Waals surface area contributed by atoms with Crippen LogP contribution in [-0.4, -0.2) is 60.3 Å². The lowest BCUT2D eigenvalue weighted by Crippen LogP contribution is -2.55. The number of ether oxygens (including phenoxy) is 1. The Kier molecular flexibility index (Phi) is 6.18. The number of amides is 2. The number of esters is 1. The molecule has 0 aromatic heterocycles. The minimum atomic E-state index is -0.805. The Hall–Kier alpha value is -2.61. The minimum absolute atomic E-state index is 0.0379. The van der Waals surface area contributed by atoms with Crippen LogP contribution in [0.3, 0.4) is 0 Å². The number of rotatable bonds is 8. The molecule has 8 heteroatoms. The van der Waals surface area contributed by atoms with Gasteiger partial charge in [0.25, 0.3) is 0 Å². The summed E-state index contributed by atoms with van der Waals surface area (Å²) >= 11 is 0. The highest BCUT2D eigenvalue weighted by molar-refractivity contribution is 5.93. The first-order valence-corrected chi connectivity index (χ1v) is 9.58. The van der Waals surface area contributed by atoms with Crippen molar-refractivity contribution in [1.29, 1.82) is 0 Å². The smallest absolute Gasteiger partial charge is 0.338 e. The van der Waals surface area contributed by atoms with Crippen molar-refractivity contribution >= 4 is 23.7 Å². The molecule has 0 spiro atoms. The van der Waals surface area contributed by atoms with Crippen molar-refractivity contribution in [2.45, 2.75) is 44.7 Å². The van der Waals surface area contributed by atoms with E-state index in [2.05, 4.69) is 10.6 Å². The average Bonchev–Trinajstić information content (AvgIpc) is 3.40. The van der Waals surface area contributed by atoms with E-state index in [1.54, 1.807) is 25.1 Å². The minimum Gasteiger partial charge on any atom is -0.480 e. The van der Waals surface area contributed by atoms with Crippen LogP contribution in [0.15, 0.2) is 18.2 Å². The summed E-state index contributed by atoms with van der Waals surface area (Å²) in [4.78, 5) is 37.0. The Morgan fingerprint density at radius 2 is 1.96 bits per heavy atom. The van der Waals surface area contributed by atoms with Gasteiger partial charge in [-0.25, -0.2) is 9.59 Å². The SMILES string of the molecule is COC(=O)c1ccc(NC(=O)NC2CC(N(CC(=O)O)CC3CC3)C2)cc1C. The van der Waals surface area contributed by atoms with Crippen LogP contribution in [0.5, 0.6) is 0 Å². The topological polar surface area (TPSA) is 108 Å². The highest BCUT2D eigenvalue weighted by Crippen LogP contribution is 2.33. The van der Waals surface area contributed by atoms with E-state index in [0.717, 1.165) is 24.9 Å². The number of carbonyl (C=O) groups is 3. The Labute approximate surface area is 164 Å². The fourth-order valence-corrected chi connectivity index (χ4v) is 3.59. The predicted molar refractivity (Wildman–Crippen MR) is 103 cm³/mol. The second-order valence-corrected chi connectivity index (χ2v) is 7.71. The molecule has 0 aliphatic heterocycles. The van der Waals surface area contributed by atoms with Gasteiger partial charge in [0, 0.05) is 24.3 Å². The van der Waals surface area contributed by atoms with Crippen molar-refractivity contribution in [2.24, 2.45) is 5.92 Å². The highest BCUT2D eigenvalue weighted by atomic mass is 16.5. The highest BCUT2D eigenvalue weighted by Gasteiger charge is 2.37. The summed E-state index contributed by atoms with van der Waals surface area (Å²) in [5.41, 5.74) is 1.78. The van der Waals surface area contributed by atoms with Crippen LogP contribution >= 0.6 is 0 Å². The molecule has 2 amide bonds. The molecule has 2 aliphatic rings. The molecule has 1 aromatic carbocycles. The van der Waals surface area contributed by atoms with E-state index in [9.17, 15) is 14.4 Å². The molecule has 0 heterocycles. The number of carbonyl (C=O) groups excluding carboxylic acids is 2. The van der Waals surface area contributed by atoms with Gasteiger partial charge in [-0.1, -0.05) is 0 Å². The predicted octanol–water partition coefficient (Wildman–Crippen LogP) is 2.23. The van der Waals surface area contributed by atoms with E-state index < -0.39 is 11.9 Å². The number of nitrogens with zero attached hydrogens (tertiary/aromatic N) is 1. The van der Waals surface area contributed by atoms with Crippen molar-refractivity contribution in [3.63, 3.8) is 0 Å². The lowest BCUT2D eigenvalue weighted by Gasteiger charge is -2.42. The lowest BCUT2D eigenvalue weighted by molar-refractivity contribution is -0.139. The zero-order valence-electron chi connectivity index (χ0n) is 16.2. The Bertz CT molecular complexity index is 756. The third-order valence-electron chi connectivity index (χ3n) is 5.38. The van der Waals surface area contributed by atoms with E-state index in [0.29, 0.717) is 17.2 Å². The first-order chi connectivity index (χ1) is 13.4. The van der Waals surface area contributed by atoms with Crippen molar-refractivity contribution in [3.05, 3.63) is 29.3 Å². The number of methoxy groups -OCH3 is 1. The van der Waals surface area contributed by atoms with Gasteiger partial charge in [-0.2, -0.15) is 0 Å². The van der Waals surface area contributed by atoms with E-state index >= 15 is 0 Å². The molecule has 0 bridgehead atoms. The molecule has 152 valence electrons. The molecule has 2 saturated carbocycles. The van der Waals surface area contributed by atoms with Crippen LogP contribution in [0.25, 0.3) is 0 Å². The molecule has 3 N–H and O–H groups in total. The van der Waals surface area contributed by atoms with Crippen LogP contribution in [0.2, 0.25) is 0 Å². The zero-order valence-corrected chi connectivity index (χ0v) is 16.2. The monoisotopic (exact) mass is 389 g/mol. The third kappa shape index (κ3) is 5.22. The number of anilines is 1. The Morgan fingerprint density at radius 3 is 2.54 bits per heavy atom. The summed E-state index contributed by atoms with van der Waals surface area (Å²) < 4.78 is 4.71. The molecule has 0 unspecified atom stereocenters. The number of carboxylic acid groups (broad SMARTS) is 1. The number of hydrogen-bond acceptors (Lipinski definition) is 5. The second kappa shape index (κ2) is 8.60.